The molecule has 0 aromatic rings. The van der Waals surface area contributed by atoms with Gasteiger partial charge in [-0.1, -0.05) is 27.2 Å². The minimum atomic E-state index is 0.00374. The summed E-state index contributed by atoms with van der Waals surface area (Å²) in [5.74, 6) is 0.745. The fraction of sp³-hybridized carbons (Fsp3) is 1.00. The molecule has 1 unspecified atom stereocenters. The van der Waals surface area contributed by atoms with Crippen LogP contribution in [0.25, 0.3) is 0 Å². The Hall–Kier alpha value is -0.0800. The van der Waals surface area contributed by atoms with E-state index in [4.69, 9.17) is 4.74 Å². The van der Waals surface area contributed by atoms with Crippen molar-refractivity contribution in [2.24, 2.45) is 5.92 Å². The highest BCUT2D eigenvalue weighted by molar-refractivity contribution is 4.65. The van der Waals surface area contributed by atoms with Crippen LogP contribution in [0.4, 0.5) is 0 Å². The van der Waals surface area contributed by atoms with Gasteiger partial charge in [0.2, 0.25) is 0 Å². The van der Waals surface area contributed by atoms with Crippen LogP contribution < -0.4 is 5.32 Å². The lowest BCUT2D eigenvalue weighted by atomic mass is 10.0. The predicted molar refractivity (Wildman–Crippen MR) is 67.2 cm³/mol. The van der Waals surface area contributed by atoms with Gasteiger partial charge in [-0.15, -0.1) is 0 Å². The zero-order chi connectivity index (χ0) is 11.9. The second-order valence-electron chi connectivity index (χ2n) is 5.59. The average molecular weight is 215 g/mol. The molecule has 0 bridgehead atoms. The van der Waals surface area contributed by atoms with Crippen molar-refractivity contribution in [2.45, 2.75) is 66.0 Å². The average Bonchev–Trinajstić information content (AvgIpc) is 2.08. The van der Waals surface area contributed by atoms with Crippen LogP contribution in [0.5, 0.6) is 0 Å². The summed E-state index contributed by atoms with van der Waals surface area (Å²) < 4.78 is 5.74. The van der Waals surface area contributed by atoms with Crippen molar-refractivity contribution in [3.05, 3.63) is 0 Å². The Labute approximate surface area is 95.8 Å². The molecule has 0 aliphatic heterocycles. The molecule has 1 N–H and O–H groups in total. The number of hydrogen-bond donors (Lipinski definition) is 1. The molecule has 0 saturated carbocycles. The summed E-state index contributed by atoms with van der Waals surface area (Å²) in [4.78, 5) is 0. The maximum Gasteiger partial charge on any atom is 0.0598 e. The second-order valence-corrected chi connectivity index (χ2v) is 5.59. The van der Waals surface area contributed by atoms with Crippen LogP contribution in [-0.2, 0) is 4.74 Å². The third-order valence-corrected chi connectivity index (χ3v) is 2.45. The summed E-state index contributed by atoms with van der Waals surface area (Å²) in [5.41, 5.74) is 0.00374. The molecule has 0 aromatic heterocycles. The zero-order valence-electron chi connectivity index (χ0n) is 11.4. The highest BCUT2D eigenvalue weighted by atomic mass is 16.5. The molecular formula is C13H29NO. The van der Waals surface area contributed by atoms with Crippen LogP contribution in [0, 0.1) is 5.92 Å². The molecule has 0 radical (unpaired) electrons. The Kier molecular flexibility index (Phi) is 7.20. The molecule has 0 aromatic carbocycles. The van der Waals surface area contributed by atoms with E-state index in [0.717, 1.165) is 25.5 Å². The lowest BCUT2D eigenvalue weighted by molar-refractivity contribution is -0.00946. The zero-order valence-corrected chi connectivity index (χ0v) is 11.4. The second kappa shape index (κ2) is 7.24. The summed E-state index contributed by atoms with van der Waals surface area (Å²) in [7, 11) is 0. The first-order valence-electron chi connectivity index (χ1n) is 6.22. The molecule has 1 atom stereocenters. The van der Waals surface area contributed by atoms with Gasteiger partial charge in [0, 0.05) is 12.6 Å². The molecule has 2 heteroatoms. The van der Waals surface area contributed by atoms with Crippen LogP contribution in [0.2, 0.25) is 0 Å². The van der Waals surface area contributed by atoms with E-state index < -0.39 is 0 Å². The monoisotopic (exact) mass is 215 g/mol. The van der Waals surface area contributed by atoms with Crippen molar-refractivity contribution in [1.82, 2.24) is 5.32 Å². The highest BCUT2D eigenvalue weighted by Crippen LogP contribution is 2.12. The highest BCUT2D eigenvalue weighted by Gasteiger charge is 2.12. The van der Waals surface area contributed by atoms with Crippen molar-refractivity contribution in [1.29, 1.82) is 0 Å². The van der Waals surface area contributed by atoms with Crippen LogP contribution in [0.15, 0.2) is 0 Å². The lowest BCUT2D eigenvalue weighted by Gasteiger charge is -2.22. The summed E-state index contributed by atoms with van der Waals surface area (Å²) in [6.45, 7) is 15.0. The number of rotatable bonds is 7. The fourth-order valence-electron chi connectivity index (χ4n) is 1.38. The normalized spacial score (nSPS) is 14.6. The van der Waals surface area contributed by atoms with Gasteiger partial charge < -0.3 is 10.1 Å². The van der Waals surface area contributed by atoms with E-state index in [2.05, 4.69) is 46.9 Å². The van der Waals surface area contributed by atoms with Crippen LogP contribution in [0.3, 0.4) is 0 Å². The van der Waals surface area contributed by atoms with E-state index in [9.17, 15) is 0 Å². The van der Waals surface area contributed by atoms with Crippen LogP contribution >= 0.6 is 0 Å². The molecule has 0 rings (SSSR count). The molecule has 0 spiro atoms. The van der Waals surface area contributed by atoms with E-state index in [-0.39, 0.29) is 5.60 Å². The maximum atomic E-state index is 5.74. The number of hydrogen-bond acceptors (Lipinski definition) is 2. The Morgan fingerprint density at radius 3 is 2.20 bits per heavy atom. The van der Waals surface area contributed by atoms with Gasteiger partial charge >= 0.3 is 0 Å². The van der Waals surface area contributed by atoms with E-state index in [1.165, 1.54) is 6.42 Å². The first-order chi connectivity index (χ1) is 6.85. The Morgan fingerprint density at radius 2 is 1.80 bits per heavy atom. The topological polar surface area (TPSA) is 21.3 Å². The van der Waals surface area contributed by atoms with Gasteiger partial charge in [0.25, 0.3) is 0 Å². The maximum absolute atomic E-state index is 5.74. The largest absolute Gasteiger partial charge is 0.376 e. The standard InChI is InChI=1S/C13H29NO/c1-7-12(10-14-11(2)3)8-9-15-13(4,5)6/h11-12,14H,7-10H2,1-6H3. The van der Waals surface area contributed by atoms with Crippen molar-refractivity contribution in [3.8, 4) is 0 Å². The van der Waals surface area contributed by atoms with Gasteiger partial charge in [-0.3, -0.25) is 0 Å². The fourth-order valence-corrected chi connectivity index (χ4v) is 1.38. The van der Waals surface area contributed by atoms with Gasteiger partial charge in [-0.25, -0.2) is 0 Å². The molecule has 2 nitrogen and oxygen atoms in total. The molecule has 92 valence electrons. The summed E-state index contributed by atoms with van der Waals surface area (Å²) in [6.07, 6.45) is 2.39. The van der Waals surface area contributed by atoms with E-state index in [1.54, 1.807) is 0 Å². The number of ether oxygens (including phenoxy) is 1. The summed E-state index contributed by atoms with van der Waals surface area (Å²) in [5, 5.41) is 3.49. The summed E-state index contributed by atoms with van der Waals surface area (Å²) >= 11 is 0. The smallest absolute Gasteiger partial charge is 0.0598 e. The third-order valence-electron chi connectivity index (χ3n) is 2.45. The minimum absolute atomic E-state index is 0.00374. The minimum Gasteiger partial charge on any atom is -0.376 e. The SMILES string of the molecule is CCC(CCOC(C)(C)C)CNC(C)C. The van der Waals surface area contributed by atoms with Gasteiger partial charge in [-0.2, -0.15) is 0 Å². The molecule has 0 aliphatic rings. The quantitative estimate of drug-likeness (QED) is 0.704. The Balaban J connectivity index is 3.62. The van der Waals surface area contributed by atoms with Crippen molar-refractivity contribution < 1.29 is 4.74 Å². The first kappa shape index (κ1) is 14.9. The predicted octanol–water partition coefficient (Wildman–Crippen LogP) is 3.22. The van der Waals surface area contributed by atoms with Gasteiger partial charge in [0.05, 0.1) is 5.60 Å². The van der Waals surface area contributed by atoms with Crippen molar-refractivity contribution in [3.63, 3.8) is 0 Å². The molecular weight excluding hydrogens is 186 g/mol. The van der Waals surface area contributed by atoms with Crippen molar-refractivity contribution in [2.75, 3.05) is 13.2 Å². The summed E-state index contributed by atoms with van der Waals surface area (Å²) in [6, 6.07) is 0.586. The molecule has 0 amide bonds. The van der Waals surface area contributed by atoms with Gasteiger partial charge in [-0.05, 0) is 39.7 Å². The molecule has 0 fully saturated rings. The van der Waals surface area contributed by atoms with E-state index in [0.29, 0.717) is 6.04 Å². The lowest BCUT2D eigenvalue weighted by Crippen LogP contribution is -2.30. The molecule has 0 heterocycles. The molecule has 0 saturated heterocycles. The van der Waals surface area contributed by atoms with Gasteiger partial charge in [0.1, 0.15) is 0 Å². The molecule has 15 heavy (non-hydrogen) atoms. The van der Waals surface area contributed by atoms with E-state index >= 15 is 0 Å². The Morgan fingerprint density at radius 1 is 1.20 bits per heavy atom. The van der Waals surface area contributed by atoms with Crippen molar-refractivity contribution >= 4 is 0 Å². The van der Waals surface area contributed by atoms with Crippen LogP contribution in [0.1, 0.15) is 54.4 Å². The van der Waals surface area contributed by atoms with Gasteiger partial charge in [0.15, 0.2) is 0 Å². The van der Waals surface area contributed by atoms with Crippen LogP contribution in [-0.4, -0.2) is 24.8 Å². The van der Waals surface area contributed by atoms with E-state index in [1.807, 2.05) is 0 Å². The third kappa shape index (κ3) is 10.2. The first-order valence-corrected chi connectivity index (χ1v) is 6.22. The molecule has 0 aliphatic carbocycles. The number of nitrogens with one attached hydrogen (secondary N) is 1. The Bertz CT molecular complexity index is 149.